The van der Waals surface area contributed by atoms with Crippen molar-refractivity contribution in [2.45, 2.75) is 78.0 Å². The highest BCUT2D eigenvalue weighted by Gasteiger charge is 2.68. The lowest BCUT2D eigenvalue weighted by Crippen LogP contribution is -2.63. The number of nitrogens with zero attached hydrogens (tertiary/aromatic N) is 1. The summed E-state index contributed by atoms with van der Waals surface area (Å²) in [6, 6.07) is 3.72. The Bertz CT molecular complexity index is 1270. The first-order chi connectivity index (χ1) is 19.2. The first kappa shape index (κ1) is 29.7. The first-order valence-corrected chi connectivity index (χ1v) is 14.6. The SMILES string of the molecule is C=C[C@]1(C)C[C@@H](C(Nc2ccc3c(c2)B(O)OC3C[N+](=O)[O-])C(=O)O)[C@@]2(C)[C@H](C)CC[C@]3(CCC(=O)[C@H]32)[C@@H](C)[C@@H]1O. The van der Waals surface area contributed by atoms with E-state index in [0.29, 0.717) is 36.0 Å². The summed E-state index contributed by atoms with van der Waals surface area (Å²) in [5.74, 6) is -1.94. The lowest BCUT2D eigenvalue weighted by atomic mass is 9.41. The minimum absolute atomic E-state index is 0.0611. The lowest BCUT2D eigenvalue weighted by Gasteiger charge is -2.63. The van der Waals surface area contributed by atoms with Crippen molar-refractivity contribution in [1.29, 1.82) is 0 Å². The fourth-order valence-electron chi connectivity index (χ4n) is 9.23. The number of hydrogen-bond acceptors (Lipinski definition) is 8. The molecule has 3 fully saturated rings. The van der Waals surface area contributed by atoms with E-state index < -0.39 is 65.0 Å². The van der Waals surface area contributed by atoms with Crippen molar-refractivity contribution in [3.05, 3.63) is 46.5 Å². The van der Waals surface area contributed by atoms with Gasteiger partial charge in [0.15, 0.2) is 0 Å². The number of hydrogen-bond donors (Lipinski definition) is 4. The predicted octanol–water partition coefficient (Wildman–Crippen LogP) is 3.20. The molecule has 2 bridgehead atoms. The van der Waals surface area contributed by atoms with Crippen LogP contribution in [0.5, 0.6) is 0 Å². The zero-order valence-electron chi connectivity index (χ0n) is 24.2. The largest absolute Gasteiger partial charge is 0.492 e. The zero-order chi connectivity index (χ0) is 30.1. The van der Waals surface area contributed by atoms with E-state index in [4.69, 9.17) is 4.65 Å². The summed E-state index contributed by atoms with van der Waals surface area (Å²) in [5, 5.41) is 47.3. The predicted molar refractivity (Wildman–Crippen MR) is 153 cm³/mol. The molecule has 222 valence electrons. The molecule has 1 aliphatic heterocycles. The number of Topliss-reactive ketones (excluding diaryl/α,β-unsaturated/α-hetero) is 1. The van der Waals surface area contributed by atoms with Gasteiger partial charge in [-0.15, -0.1) is 6.58 Å². The number of ketones is 1. The third-order valence-corrected chi connectivity index (χ3v) is 11.7. The van der Waals surface area contributed by atoms with E-state index in [2.05, 4.69) is 25.7 Å². The topological polar surface area (TPSA) is 159 Å². The second kappa shape index (κ2) is 10.2. The van der Waals surface area contributed by atoms with Gasteiger partial charge in [-0.05, 0) is 77.4 Å². The summed E-state index contributed by atoms with van der Waals surface area (Å²) in [6.07, 6.45) is 3.14. The molecule has 0 saturated heterocycles. The van der Waals surface area contributed by atoms with Gasteiger partial charge in [-0.3, -0.25) is 14.9 Å². The van der Waals surface area contributed by atoms with Crippen LogP contribution in [0.3, 0.4) is 0 Å². The molecule has 5 rings (SSSR count). The number of benzene rings is 1. The highest BCUT2D eigenvalue weighted by molar-refractivity contribution is 6.61. The van der Waals surface area contributed by atoms with Crippen molar-refractivity contribution in [2.75, 3.05) is 11.9 Å². The van der Waals surface area contributed by atoms with E-state index in [1.807, 2.05) is 13.8 Å². The average Bonchev–Trinajstić information content (AvgIpc) is 3.43. The minimum Gasteiger partial charge on any atom is -0.480 e. The quantitative estimate of drug-likeness (QED) is 0.168. The van der Waals surface area contributed by atoms with Crippen molar-refractivity contribution in [3.63, 3.8) is 0 Å². The Labute approximate surface area is 240 Å². The average molecular weight is 568 g/mol. The number of rotatable bonds is 7. The van der Waals surface area contributed by atoms with Crippen LogP contribution in [0.1, 0.15) is 71.5 Å². The molecule has 0 amide bonds. The molecule has 0 spiro atoms. The third-order valence-electron chi connectivity index (χ3n) is 11.7. The van der Waals surface area contributed by atoms with Crippen LogP contribution in [0.2, 0.25) is 0 Å². The van der Waals surface area contributed by atoms with Gasteiger partial charge in [0.25, 0.3) is 0 Å². The van der Waals surface area contributed by atoms with Gasteiger partial charge in [0, 0.05) is 28.4 Å². The van der Waals surface area contributed by atoms with Crippen LogP contribution >= 0.6 is 0 Å². The summed E-state index contributed by atoms with van der Waals surface area (Å²) in [5.41, 5.74) is -0.609. The molecule has 3 aliphatic carbocycles. The van der Waals surface area contributed by atoms with Gasteiger partial charge >= 0.3 is 13.1 Å². The molecule has 2 unspecified atom stereocenters. The van der Waals surface area contributed by atoms with Gasteiger partial charge in [0.1, 0.15) is 17.9 Å². The van der Waals surface area contributed by atoms with Gasteiger partial charge in [0.2, 0.25) is 6.54 Å². The number of nitro groups is 1. The summed E-state index contributed by atoms with van der Waals surface area (Å²) >= 11 is 0. The van der Waals surface area contributed by atoms with E-state index >= 15 is 0 Å². The van der Waals surface area contributed by atoms with E-state index in [0.717, 1.165) is 12.8 Å². The number of carboxylic acids is 1. The maximum Gasteiger partial charge on any atom is 0.492 e. The third kappa shape index (κ3) is 4.43. The van der Waals surface area contributed by atoms with Crippen LogP contribution in [-0.2, 0) is 14.2 Å². The van der Waals surface area contributed by atoms with E-state index in [9.17, 15) is 34.9 Å². The Morgan fingerprint density at radius 3 is 2.68 bits per heavy atom. The van der Waals surface area contributed by atoms with E-state index in [-0.39, 0.29) is 23.5 Å². The molecule has 10 atom stereocenters. The molecule has 0 radical (unpaired) electrons. The highest BCUT2D eigenvalue weighted by Crippen LogP contribution is 2.69. The number of carbonyl (C=O) groups is 2. The molecule has 10 nitrogen and oxygen atoms in total. The van der Waals surface area contributed by atoms with Gasteiger partial charge in [-0.2, -0.15) is 0 Å². The molecule has 3 saturated carbocycles. The molecular formula is C30H41BN2O8. The highest BCUT2D eigenvalue weighted by atomic mass is 16.6. The Hall–Kier alpha value is -2.76. The van der Waals surface area contributed by atoms with Crippen molar-refractivity contribution in [2.24, 2.45) is 39.9 Å². The maximum absolute atomic E-state index is 13.7. The molecule has 4 aliphatic rings. The van der Waals surface area contributed by atoms with Gasteiger partial charge in [-0.25, -0.2) is 4.79 Å². The number of nitrogens with one attached hydrogen (secondary N) is 1. The number of carbonyl (C=O) groups excluding carboxylic acids is 1. The van der Waals surface area contributed by atoms with Crippen LogP contribution in [0.4, 0.5) is 5.69 Å². The number of aliphatic hydroxyl groups is 1. The summed E-state index contributed by atoms with van der Waals surface area (Å²) in [6.45, 7) is 11.7. The number of aliphatic hydroxyl groups excluding tert-OH is 1. The second-order valence-electron chi connectivity index (χ2n) is 13.5. The maximum atomic E-state index is 13.7. The van der Waals surface area contributed by atoms with Crippen molar-refractivity contribution in [3.8, 4) is 0 Å². The molecule has 0 aromatic heterocycles. The van der Waals surface area contributed by atoms with Crippen LogP contribution in [0.25, 0.3) is 0 Å². The van der Waals surface area contributed by atoms with Crippen LogP contribution in [0, 0.1) is 50.0 Å². The van der Waals surface area contributed by atoms with Crippen LogP contribution in [0.15, 0.2) is 30.9 Å². The van der Waals surface area contributed by atoms with Crippen molar-refractivity contribution < 1.29 is 34.4 Å². The van der Waals surface area contributed by atoms with E-state index in [1.165, 1.54) is 0 Å². The normalized spacial score (nSPS) is 40.6. The minimum atomic E-state index is -1.37. The smallest absolute Gasteiger partial charge is 0.480 e. The zero-order valence-corrected chi connectivity index (χ0v) is 24.2. The Balaban J connectivity index is 1.60. The monoisotopic (exact) mass is 568 g/mol. The number of fused-ring (bicyclic) bond motifs is 1. The first-order valence-electron chi connectivity index (χ1n) is 14.6. The lowest BCUT2D eigenvalue weighted by molar-refractivity contribution is -0.490. The standard InChI is InChI=1S/C30H41BN2O8/c1-6-28(4)14-20(29(5)16(2)9-11-30(17(3)26(28)35)12-10-22(34)25(29)30)24(27(36)37)32-18-7-8-19-21(13-18)31(38)41-23(19)15-33(39)40/h6-8,13,16-17,20,23-26,32,35,38H,1,9-12,14-15H2,2-5H3,(H,36,37)/t16-,17+,20+,23?,24?,25+,26+,28-,29-,30+/m1/s1. The Kier molecular flexibility index (Phi) is 7.40. The summed E-state index contributed by atoms with van der Waals surface area (Å²) in [7, 11) is -1.37. The molecule has 1 aromatic rings. The number of carboxylic acid groups (broad SMARTS) is 1. The summed E-state index contributed by atoms with van der Waals surface area (Å²) < 4.78 is 5.40. The molecule has 1 aromatic carbocycles. The molecule has 11 heteroatoms. The van der Waals surface area contributed by atoms with Crippen LogP contribution < -0.4 is 10.8 Å². The summed E-state index contributed by atoms with van der Waals surface area (Å²) in [4.78, 5) is 37.4. The molecular weight excluding hydrogens is 527 g/mol. The Morgan fingerprint density at radius 1 is 1.34 bits per heavy atom. The van der Waals surface area contributed by atoms with Gasteiger partial charge < -0.3 is 25.2 Å². The fourth-order valence-corrected chi connectivity index (χ4v) is 9.23. The molecule has 1 heterocycles. The van der Waals surface area contributed by atoms with E-state index in [1.54, 1.807) is 24.3 Å². The van der Waals surface area contributed by atoms with Crippen LogP contribution in [-0.4, -0.2) is 57.7 Å². The van der Waals surface area contributed by atoms with Gasteiger partial charge in [0.05, 0.1) is 6.10 Å². The number of aliphatic carboxylic acids is 1. The Morgan fingerprint density at radius 2 is 2.05 bits per heavy atom. The van der Waals surface area contributed by atoms with Gasteiger partial charge in [-0.1, -0.05) is 39.8 Å². The van der Waals surface area contributed by atoms with Crippen molar-refractivity contribution in [1.82, 2.24) is 0 Å². The second-order valence-corrected chi connectivity index (χ2v) is 13.5. The van der Waals surface area contributed by atoms with Crippen molar-refractivity contribution >= 4 is 30.0 Å². The fraction of sp³-hybridized carbons (Fsp3) is 0.667. The molecule has 4 N–H and O–H groups in total. The number of anilines is 1. The molecule has 41 heavy (non-hydrogen) atoms.